The van der Waals surface area contributed by atoms with Crippen LogP contribution in [0, 0.1) is 0 Å². The molecule has 0 aliphatic heterocycles. The summed E-state index contributed by atoms with van der Waals surface area (Å²) in [5, 5.41) is 40.9. The molecule has 0 saturated heterocycles. The Labute approximate surface area is 85.3 Å². The van der Waals surface area contributed by atoms with Gasteiger partial charge < -0.3 is 25.2 Å². The molecule has 1 aliphatic rings. The van der Waals surface area contributed by atoms with E-state index in [1.807, 2.05) is 0 Å². The number of ether oxygens (including phenoxy) is 1. The molecule has 4 N–H and O–H groups in total. The van der Waals surface area contributed by atoms with Crippen LogP contribution in [0.1, 0.15) is 0 Å². The van der Waals surface area contributed by atoms with E-state index >= 15 is 0 Å². The van der Waals surface area contributed by atoms with Crippen LogP contribution >= 0.6 is 0 Å². The maximum Gasteiger partial charge on any atom is 0.111 e. The van der Waals surface area contributed by atoms with Gasteiger partial charge in [0.1, 0.15) is 18.3 Å². The molecule has 0 aromatic heterocycles. The van der Waals surface area contributed by atoms with Crippen LogP contribution in [0.25, 0.3) is 10.4 Å². The second-order valence-corrected chi connectivity index (χ2v) is 3.36. The first-order chi connectivity index (χ1) is 7.04. The molecule has 6 atom stereocenters. The van der Waals surface area contributed by atoms with Crippen LogP contribution in [0.5, 0.6) is 0 Å². The molecule has 1 saturated carbocycles. The highest BCUT2D eigenvalue weighted by atomic mass is 16.5. The Balaban J connectivity index is 2.96. The Morgan fingerprint density at radius 1 is 1.07 bits per heavy atom. The predicted octanol–water partition coefficient (Wildman–Crippen LogP) is -1.86. The van der Waals surface area contributed by atoms with E-state index < -0.39 is 36.6 Å². The van der Waals surface area contributed by atoms with E-state index in [2.05, 4.69) is 10.0 Å². The SMILES string of the molecule is CO[C@H]1C(N=[N+]=[N-])[C@@H](O)[C@H](O)[C@H](O)[C@H]1O. The van der Waals surface area contributed by atoms with Crippen molar-refractivity contribution in [3.05, 3.63) is 10.4 Å². The van der Waals surface area contributed by atoms with Gasteiger partial charge in [-0.1, -0.05) is 5.11 Å². The normalized spacial score (nSPS) is 45.9. The van der Waals surface area contributed by atoms with Crippen molar-refractivity contribution >= 4 is 0 Å². The summed E-state index contributed by atoms with van der Waals surface area (Å²) in [6.45, 7) is 0. The van der Waals surface area contributed by atoms with E-state index in [0.29, 0.717) is 0 Å². The van der Waals surface area contributed by atoms with Crippen molar-refractivity contribution in [3.63, 3.8) is 0 Å². The molecule has 15 heavy (non-hydrogen) atoms. The van der Waals surface area contributed by atoms with Crippen LogP contribution in [-0.4, -0.2) is 64.1 Å². The van der Waals surface area contributed by atoms with E-state index in [0.717, 1.165) is 0 Å². The highest BCUT2D eigenvalue weighted by Crippen LogP contribution is 2.25. The molecule has 86 valence electrons. The van der Waals surface area contributed by atoms with E-state index in [4.69, 9.17) is 10.3 Å². The lowest BCUT2D eigenvalue weighted by atomic mass is 9.83. The van der Waals surface area contributed by atoms with E-state index in [1.165, 1.54) is 7.11 Å². The molecule has 0 spiro atoms. The van der Waals surface area contributed by atoms with Crippen LogP contribution in [0.2, 0.25) is 0 Å². The third-order valence-corrected chi connectivity index (χ3v) is 2.53. The standard InChI is InChI=1S/C7H13N3O5/c1-15-7-2(9-10-8)3(11)4(12)5(13)6(7)14/h2-7,11-14H,1H3/t2?,3-,4+,5+,6-,7+/m1/s1. The molecule has 0 aromatic carbocycles. The smallest absolute Gasteiger partial charge is 0.111 e. The molecule has 8 nitrogen and oxygen atoms in total. The van der Waals surface area contributed by atoms with Gasteiger partial charge in [-0.25, -0.2) is 0 Å². The minimum atomic E-state index is -1.57. The van der Waals surface area contributed by atoms with Crippen molar-refractivity contribution in [3.8, 4) is 0 Å². The van der Waals surface area contributed by atoms with Crippen LogP contribution < -0.4 is 0 Å². The number of hydrogen-bond acceptors (Lipinski definition) is 6. The number of aliphatic hydroxyl groups is 4. The van der Waals surface area contributed by atoms with Gasteiger partial charge in [0.25, 0.3) is 0 Å². The van der Waals surface area contributed by atoms with E-state index in [9.17, 15) is 20.4 Å². The van der Waals surface area contributed by atoms with Crippen molar-refractivity contribution in [2.45, 2.75) is 36.6 Å². The first-order valence-electron chi connectivity index (χ1n) is 4.33. The van der Waals surface area contributed by atoms with Gasteiger partial charge in [-0.15, -0.1) is 0 Å². The minimum Gasteiger partial charge on any atom is -0.390 e. The summed E-state index contributed by atoms with van der Waals surface area (Å²) in [4.78, 5) is 2.48. The fraction of sp³-hybridized carbons (Fsp3) is 1.00. The van der Waals surface area contributed by atoms with E-state index in [-0.39, 0.29) is 0 Å². The van der Waals surface area contributed by atoms with Crippen molar-refractivity contribution in [2.24, 2.45) is 5.11 Å². The van der Waals surface area contributed by atoms with Gasteiger partial charge in [0.2, 0.25) is 0 Å². The van der Waals surface area contributed by atoms with Crippen LogP contribution in [0.15, 0.2) is 5.11 Å². The molecule has 1 rings (SSSR count). The third kappa shape index (κ3) is 2.05. The molecular weight excluding hydrogens is 206 g/mol. The van der Waals surface area contributed by atoms with Crippen molar-refractivity contribution in [2.75, 3.05) is 7.11 Å². The Morgan fingerprint density at radius 2 is 1.60 bits per heavy atom. The molecule has 0 aromatic rings. The molecule has 8 heteroatoms. The Bertz CT molecular complexity index is 269. The monoisotopic (exact) mass is 219 g/mol. The average molecular weight is 219 g/mol. The quantitative estimate of drug-likeness (QED) is 0.245. The summed E-state index contributed by atoms with van der Waals surface area (Å²) < 4.78 is 4.81. The van der Waals surface area contributed by atoms with E-state index in [1.54, 1.807) is 0 Å². The molecule has 1 fully saturated rings. The third-order valence-electron chi connectivity index (χ3n) is 2.53. The van der Waals surface area contributed by atoms with Crippen molar-refractivity contribution in [1.82, 2.24) is 0 Å². The van der Waals surface area contributed by atoms with Gasteiger partial charge in [-0.05, 0) is 5.53 Å². The number of methoxy groups -OCH3 is 1. The minimum absolute atomic E-state index is 1.05. The second-order valence-electron chi connectivity index (χ2n) is 3.36. The lowest BCUT2D eigenvalue weighted by molar-refractivity contribution is -0.191. The zero-order valence-corrected chi connectivity index (χ0v) is 8.00. The summed E-state index contributed by atoms with van der Waals surface area (Å²) in [5.74, 6) is 0. The average Bonchev–Trinajstić information content (AvgIpc) is 2.24. The molecule has 1 unspecified atom stereocenters. The lowest BCUT2D eigenvalue weighted by Crippen LogP contribution is -2.63. The van der Waals surface area contributed by atoms with Gasteiger partial charge in [0, 0.05) is 12.0 Å². The van der Waals surface area contributed by atoms with Gasteiger partial charge >= 0.3 is 0 Å². The first kappa shape index (κ1) is 12.2. The second kappa shape index (κ2) is 4.75. The zero-order valence-electron chi connectivity index (χ0n) is 8.00. The van der Waals surface area contributed by atoms with Gasteiger partial charge in [-0.3, -0.25) is 0 Å². The van der Waals surface area contributed by atoms with Crippen LogP contribution in [0.3, 0.4) is 0 Å². The summed E-state index contributed by atoms with van der Waals surface area (Å²) in [6, 6.07) is -1.13. The Kier molecular flexibility index (Phi) is 3.86. The highest BCUT2D eigenvalue weighted by molar-refractivity contribution is 5.02. The Hall–Kier alpha value is -0.890. The maximum atomic E-state index is 9.49. The largest absolute Gasteiger partial charge is 0.390 e. The van der Waals surface area contributed by atoms with Gasteiger partial charge in [-0.2, -0.15) is 0 Å². The Morgan fingerprint density at radius 3 is 2.07 bits per heavy atom. The number of rotatable bonds is 2. The summed E-state index contributed by atoms with van der Waals surface area (Å²) in [6.07, 6.45) is -7.03. The molecule has 0 radical (unpaired) electrons. The fourth-order valence-corrected chi connectivity index (χ4v) is 1.67. The first-order valence-corrected chi connectivity index (χ1v) is 4.33. The molecule has 0 amide bonds. The predicted molar refractivity (Wildman–Crippen MR) is 47.8 cm³/mol. The van der Waals surface area contributed by atoms with Crippen LogP contribution in [-0.2, 0) is 4.74 Å². The zero-order chi connectivity index (χ0) is 11.6. The molecule has 1 aliphatic carbocycles. The maximum absolute atomic E-state index is 9.49. The van der Waals surface area contributed by atoms with Gasteiger partial charge in [0.15, 0.2) is 0 Å². The number of hydrogen-bond donors (Lipinski definition) is 4. The number of aliphatic hydroxyl groups excluding tert-OH is 4. The number of azide groups is 1. The highest BCUT2D eigenvalue weighted by Gasteiger charge is 2.48. The number of nitrogens with zero attached hydrogens (tertiary/aromatic N) is 3. The topological polar surface area (TPSA) is 139 Å². The van der Waals surface area contributed by atoms with Gasteiger partial charge in [0.05, 0.1) is 18.2 Å². The summed E-state index contributed by atoms with van der Waals surface area (Å²) in [7, 11) is 1.24. The molecular formula is C7H13N3O5. The molecule has 0 bridgehead atoms. The summed E-state index contributed by atoms with van der Waals surface area (Å²) >= 11 is 0. The van der Waals surface area contributed by atoms with Crippen molar-refractivity contribution < 1.29 is 25.2 Å². The summed E-state index contributed by atoms with van der Waals surface area (Å²) in [5.41, 5.74) is 8.25. The lowest BCUT2D eigenvalue weighted by Gasteiger charge is -2.41. The van der Waals surface area contributed by atoms with Crippen LogP contribution in [0.4, 0.5) is 0 Å². The van der Waals surface area contributed by atoms with Crippen molar-refractivity contribution in [1.29, 1.82) is 0 Å². The molecule has 0 heterocycles. The fourth-order valence-electron chi connectivity index (χ4n) is 1.67.